The molecule has 21 heavy (non-hydrogen) atoms. The highest BCUT2D eigenvalue weighted by Crippen LogP contribution is 2.33. The number of allylic oxidation sites excluding steroid dienone is 4. The third-order valence-electron chi connectivity index (χ3n) is 3.92. The second kappa shape index (κ2) is 6.64. The van der Waals surface area contributed by atoms with Gasteiger partial charge in [-0.15, -0.1) is 0 Å². The van der Waals surface area contributed by atoms with Crippen LogP contribution in [-0.2, 0) is 5.41 Å². The van der Waals surface area contributed by atoms with E-state index in [1.165, 1.54) is 23.1 Å². The predicted octanol–water partition coefficient (Wildman–Crippen LogP) is 6.60. The van der Waals surface area contributed by atoms with Gasteiger partial charge in [0.25, 0.3) is 0 Å². The molecular weight excluding hydrogens is 252 g/mol. The molecule has 0 nitrogen and oxygen atoms in total. The van der Waals surface area contributed by atoms with Crippen LogP contribution in [0.1, 0.15) is 66.0 Å². The lowest BCUT2D eigenvalue weighted by Crippen LogP contribution is -2.10. The van der Waals surface area contributed by atoms with Gasteiger partial charge in [-0.1, -0.05) is 94.7 Å². The van der Waals surface area contributed by atoms with Crippen molar-refractivity contribution in [2.75, 3.05) is 0 Å². The molecule has 1 aromatic carbocycles. The molecule has 0 N–H and O–H groups in total. The summed E-state index contributed by atoms with van der Waals surface area (Å²) in [5.74, 6) is 0. The lowest BCUT2D eigenvalue weighted by atomic mass is 9.85. The zero-order chi connectivity index (χ0) is 16.3. The number of hydrogen-bond acceptors (Lipinski definition) is 0. The summed E-state index contributed by atoms with van der Waals surface area (Å²) in [5, 5.41) is 0. The SMILES string of the molecule is CC1=CC=C(C(C)(C)C)C1.Cc1ccc(C(C)(C)C)cc1. The molecule has 1 aromatic rings. The molecule has 0 unspecified atom stereocenters. The lowest BCUT2D eigenvalue weighted by Gasteiger charge is -2.20. The molecule has 116 valence electrons. The first-order valence-electron chi connectivity index (χ1n) is 7.94. The summed E-state index contributed by atoms with van der Waals surface area (Å²) >= 11 is 0. The number of benzene rings is 1. The van der Waals surface area contributed by atoms with E-state index in [0.29, 0.717) is 5.41 Å². The van der Waals surface area contributed by atoms with Crippen LogP contribution >= 0.6 is 0 Å². The minimum Gasteiger partial charge on any atom is -0.0692 e. The quantitative estimate of drug-likeness (QED) is 0.503. The fraction of sp³-hybridized carbons (Fsp3) is 0.524. The van der Waals surface area contributed by atoms with E-state index < -0.39 is 0 Å². The minimum atomic E-state index is 0.285. The number of aryl methyl sites for hydroxylation is 1. The number of hydrogen-bond donors (Lipinski definition) is 0. The highest BCUT2D eigenvalue weighted by Gasteiger charge is 2.18. The first-order valence-corrected chi connectivity index (χ1v) is 7.94. The van der Waals surface area contributed by atoms with Gasteiger partial charge in [-0.3, -0.25) is 0 Å². The minimum absolute atomic E-state index is 0.285. The Morgan fingerprint density at radius 1 is 0.714 bits per heavy atom. The molecule has 0 radical (unpaired) electrons. The molecule has 0 aromatic heterocycles. The Balaban J connectivity index is 0.000000211. The van der Waals surface area contributed by atoms with Gasteiger partial charge >= 0.3 is 0 Å². The molecule has 0 fully saturated rings. The van der Waals surface area contributed by atoms with Gasteiger partial charge in [0, 0.05) is 0 Å². The van der Waals surface area contributed by atoms with E-state index in [-0.39, 0.29) is 5.41 Å². The van der Waals surface area contributed by atoms with Crippen LogP contribution in [0, 0.1) is 12.3 Å². The van der Waals surface area contributed by atoms with Crippen molar-refractivity contribution in [3.05, 3.63) is 58.7 Å². The van der Waals surface area contributed by atoms with E-state index in [0.717, 1.165) is 0 Å². The van der Waals surface area contributed by atoms with Crippen molar-refractivity contribution in [2.45, 2.75) is 67.2 Å². The predicted molar refractivity (Wildman–Crippen MR) is 95.8 cm³/mol. The van der Waals surface area contributed by atoms with Crippen LogP contribution in [-0.4, -0.2) is 0 Å². The maximum absolute atomic E-state index is 2.27. The maximum atomic E-state index is 2.27. The van der Waals surface area contributed by atoms with E-state index in [9.17, 15) is 0 Å². The molecule has 0 heterocycles. The van der Waals surface area contributed by atoms with E-state index >= 15 is 0 Å². The van der Waals surface area contributed by atoms with E-state index in [2.05, 4.69) is 91.8 Å². The van der Waals surface area contributed by atoms with Crippen LogP contribution in [0.5, 0.6) is 0 Å². The van der Waals surface area contributed by atoms with Crippen LogP contribution in [0.25, 0.3) is 0 Å². The van der Waals surface area contributed by atoms with Crippen LogP contribution < -0.4 is 0 Å². The summed E-state index contributed by atoms with van der Waals surface area (Å²) in [4.78, 5) is 0. The third-order valence-corrected chi connectivity index (χ3v) is 3.92. The van der Waals surface area contributed by atoms with E-state index in [1.54, 1.807) is 5.57 Å². The lowest BCUT2D eigenvalue weighted by molar-refractivity contribution is 0.494. The molecule has 1 aliphatic rings. The van der Waals surface area contributed by atoms with Crippen LogP contribution in [0.2, 0.25) is 0 Å². The van der Waals surface area contributed by atoms with Gasteiger partial charge in [-0.05, 0) is 36.7 Å². The Kier molecular flexibility index (Phi) is 5.61. The molecule has 0 amide bonds. The highest BCUT2D eigenvalue weighted by molar-refractivity contribution is 5.32. The average Bonchev–Trinajstić information content (AvgIpc) is 2.76. The van der Waals surface area contributed by atoms with Gasteiger partial charge in [0.15, 0.2) is 0 Å². The third kappa shape index (κ3) is 5.91. The summed E-state index contributed by atoms with van der Waals surface area (Å²) in [5.41, 5.74) is 6.44. The maximum Gasteiger partial charge on any atom is -0.00997 e. The van der Waals surface area contributed by atoms with Gasteiger partial charge in [0.1, 0.15) is 0 Å². The molecule has 0 saturated heterocycles. The zero-order valence-electron chi connectivity index (χ0n) is 15.2. The van der Waals surface area contributed by atoms with Gasteiger partial charge < -0.3 is 0 Å². The molecule has 0 heteroatoms. The van der Waals surface area contributed by atoms with Crippen molar-refractivity contribution < 1.29 is 0 Å². The Morgan fingerprint density at radius 2 is 1.24 bits per heavy atom. The summed E-state index contributed by atoms with van der Waals surface area (Å²) in [6.45, 7) is 17.8. The summed E-state index contributed by atoms with van der Waals surface area (Å²) in [6, 6.07) is 8.74. The fourth-order valence-electron chi connectivity index (χ4n) is 2.23. The topological polar surface area (TPSA) is 0 Å². The summed E-state index contributed by atoms with van der Waals surface area (Å²) in [7, 11) is 0. The molecule has 0 saturated carbocycles. The van der Waals surface area contributed by atoms with Crippen LogP contribution in [0.4, 0.5) is 0 Å². The Bertz CT molecular complexity index is 511. The molecule has 1 aliphatic carbocycles. The first-order chi connectivity index (χ1) is 9.50. The van der Waals surface area contributed by atoms with Crippen molar-refractivity contribution in [2.24, 2.45) is 5.41 Å². The largest absolute Gasteiger partial charge is 0.0692 e. The van der Waals surface area contributed by atoms with Gasteiger partial charge in [-0.2, -0.15) is 0 Å². The monoisotopic (exact) mass is 284 g/mol. The molecular formula is C21H32. The zero-order valence-corrected chi connectivity index (χ0v) is 15.2. The Labute approximate surface area is 132 Å². The average molecular weight is 284 g/mol. The molecule has 0 aliphatic heterocycles. The Hall–Kier alpha value is -1.30. The van der Waals surface area contributed by atoms with Crippen LogP contribution in [0.15, 0.2) is 47.6 Å². The standard InChI is InChI=1S/C11H16.C10H16/c1-9-5-7-10(8-6-9)11(2,3)4;1-8-5-6-9(7-8)10(2,3)4/h5-8H,1-4H3;5-6H,7H2,1-4H3. The van der Waals surface area contributed by atoms with Crippen molar-refractivity contribution in [1.29, 1.82) is 0 Å². The van der Waals surface area contributed by atoms with Crippen LogP contribution in [0.3, 0.4) is 0 Å². The molecule has 2 rings (SSSR count). The second-order valence-corrected chi connectivity index (χ2v) is 8.25. The van der Waals surface area contributed by atoms with Gasteiger partial charge in [-0.25, -0.2) is 0 Å². The number of rotatable bonds is 0. The summed E-state index contributed by atoms with van der Waals surface area (Å²) in [6.07, 6.45) is 5.67. The van der Waals surface area contributed by atoms with Crippen molar-refractivity contribution in [3.8, 4) is 0 Å². The van der Waals surface area contributed by atoms with Crippen molar-refractivity contribution in [1.82, 2.24) is 0 Å². The van der Waals surface area contributed by atoms with Crippen molar-refractivity contribution in [3.63, 3.8) is 0 Å². The molecule has 0 spiro atoms. The van der Waals surface area contributed by atoms with E-state index in [1.807, 2.05) is 0 Å². The second-order valence-electron chi connectivity index (χ2n) is 8.25. The molecule has 0 atom stereocenters. The first kappa shape index (κ1) is 17.8. The Morgan fingerprint density at radius 3 is 1.52 bits per heavy atom. The normalized spacial score (nSPS) is 15.0. The fourth-order valence-corrected chi connectivity index (χ4v) is 2.23. The van der Waals surface area contributed by atoms with Crippen molar-refractivity contribution >= 4 is 0 Å². The summed E-state index contributed by atoms with van der Waals surface area (Å²) < 4.78 is 0. The van der Waals surface area contributed by atoms with E-state index in [4.69, 9.17) is 0 Å². The molecule has 0 bridgehead atoms. The highest BCUT2D eigenvalue weighted by atomic mass is 14.2. The van der Waals surface area contributed by atoms with Gasteiger partial charge in [0.05, 0.1) is 0 Å². The van der Waals surface area contributed by atoms with Gasteiger partial charge in [0.2, 0.25) is 0 Å². The smallest absolute Gasteiger partial charge is 0.00997 e.